The normalized spacial score (nSPS) is 11.9. The number of aromatic nitrogens is 3. The molecule has 0 spiro atoms. The molecule has 0 saturated heterocycles. The lowest BCUT2D eigenvalue weighted by Gasteiger charge is -2.20. The highest BCUT2D eigenvalue weighted by Gasteiger charge is 2.19. The Balaban J connectivity index is 1.33. The topological polar surface area (TPSA) is 43.9 Å². The number of furan rings is 1. The van der Waals surface area contributed by atoms with Crippen LogP contribution in [0.3, 0.4) is 0 Å². The van der Waals surface area contributed by atoms with Crippen molar-refractivity contribution in [3.05, 3.63) is 127 Å². The van der Waals surface area contributed by atoms with Gasteiger partial charge in [0.1, 0.15) is 11.2 Å². The molecule has 0 aliphatic carbocycles. The Bertz CT molecular complexity index is 1960. The number of fused-ring (bicyclic) bond motifs is 3. The van der Waals surface area contributed by atoms with Crippen LogP contribution in [0.2, 0.25) is 0 Å². The fourth-order valence-corrected chi connectivity index (χ4v) is 5.37. The first-order valence-corrected chi connectivity index (χ1v) is 13.6. The molecule has 0 atom stereocenters. The summed E-state index contributed by atoms with van der Waals surface area (Å²) in [5, 5.41) is 11.6. The minimum atomic E-state index is 0.0787. The summed E-state index contributed by atoms with van der Waals surface area (Å²) in [6.45, 7) is 6.69. The predicted molar refractivity (Wildman–Crippen MR) is 164 cm³/mol. The Morgan fingerprint density at radius 2 is 1.15 bits per heavy atom. The number of para-hydroxylation sites is 2. The molecule has 0 aliphatic rings. The van der Waals surface area contributed by atoms with Gasteiger partial charge in [-0.15, -0.1) is 10.2 Å². The van der Waals surface area contributed by atoms with E-state index in [1.807, 2.05) is 30.3 Å². The Morgan fingerprint density at radius 1 is 0.550 bits per heavy atom. The van der Waals surface area contributed by atoms with E-state index >= 15 is 0 Å². The molecule has 194 valence electrons. The molecule has 0 amide bonds. The van der Waals surface area contributed by atoms with Crippen molar-refractivity contribution in [3.63, 3.8) is 0 Å². The molecular weight excluding hydrogens is 490 g/mol. The van der Waals surface area contributed by atoms with E-state index in [0.29, 0.717) is 0 Å². The van der Waals surface area contributed by atoms with Crippen LogP contribution in [0.25, 0.3) is 61.5 Å². The van der Waals surface area contributed by atoms with Crippen LogP contribution in [0, 0.1) is 0 Å². The molecule has 7 aromatic rings. The first-order valence-electron chi connectivity index (χ1n) is 13.6. The summed E-state index contributed by atoms with van der Waals surface area (Å²) < 4.78 is 8.44. The summed E-state index contributed by atoms with van der Waals surface area (Å²) in [5.41, 5.74) is 8.39. The summed E-state index contributed by atoms with van der Waals surface area (Å²) in [7, 11) is 0. The second-order valence-electron chi connectivity index (χ2n) is 11.2. The van der Waals surface area contributed by atoms with Crippen molar-refractivity contribution in [2.75, 3.05) is 0 Å². The Hall–Kier alpha value is -4.96. The van der Waals surface area contributed by atoms with E-state index < -0.39 is 0 Å². The predicted octanol–water partition coefficient (Wildman–Crippen LogP) is 9.47. The minimum absolute atomic E-state index is 0.0787. The zero-order valence-electron chi connectivity index (χ0n) is 22.8. The first-order chi connectivity index (χ1) is 19.5. The van der Waals surface area contributed by atoms with E-state index in [0.717, 1.165) is 61.5 Å². The van der Waals surface area contributed by atoms with Gasteiger partial charge in [0.2, 0.25) is 0 Å². The highest BCUT2D eigenvalue weighted by atomic mass is 16.3. The van der Waals surface area contributed by atoms with Crippen molar-refractivity contribution in [3.8, 4) is 39.6 Å². The van der Waals surface area contributed by atoms with Crippen LogP contribution < -0.4 is 0 Å². The van der Waals surface area contributed by atoms with Crippen molar-refractivity contribution in [2.45, 2.75) is 26.2 Å². The Labute approximate surface area is 233 Å². The molecule has 2 heterocycles. The molecule has 7 rings (SSSR count). The molecule has 0 aliphatic heterocycles. The number of nitrogens with zero attached hydrogens (tertiary/aromatic N) is 3. The molecule has 4 heteroatoms. The molecule has 0 saturated carbocycles. The summed E-state index contributed by atoms with van der Waals surface area (Å²) >= 11 is 0. The van der Waals surface area contributed by atoms with Gasteiger partial charge in [-0.3, -0.25) is 4.57 Å². The standard InChI is InChI=1S/C36H29N3O/c1-36(2,3)27-20-22-28(23-21-27)39-34(25-10-5-4-6-11-25)37-38-35(39)26-18-16-24(17-19-26)29-13-9-14-31-30-12-7-8-15-32(30)40-33(29)31/h4-23H,1-3H3. The zero-order chi connectivity index (χ0) is 27.3. The van der Waals surface area contributed by atoms with Crippen LogP contribution in [0.15, 0.2) is 126 Å². The Morgan fingerprint density at radius 3 is 1.85 bits per heavy atom. The number of rotatable bonds is 4. The maximum Gasteiger partial charge on any atom is 0.168 e. The van der Waals surface area contributed by atoms with Crippen LogP contribution in [0.1, 0.15) is 26.3 Å². The molecule has 4 nitrogen and oxygen atoms in total. The molecule has 40 heavy (non-hydrogen) atoms. The summed E-state index contributed by atoms with van der Waals surface area (Å²) in [6.07, 6.45) is 0. The van der Waals surface area contributed by atoms with E-state index in [2.05, 4.69) is 127 Å². The quantitative estimate of drug-likeness (QED) is 0.233. The van der Waals surface area contributed by atoms with Gasteiger partial charge in [0.15, 0.2) is 11.6 Å². The molecule has 0 bridgehead atoms. The van der Waals surface area contributed by atoms with E-state index in [9.17, 15) is 0 Å². The van der Waals surface area contributed by atoms with Gasteiger partial charge in [-0.25, -0.2) is 0 Å². The third kappa shape index (κ3) is 4.09. The fourth-order valence-electron chi connectivity index (χ4n) is 5.37. The third-order valence-electron chi connectivity index (χ3n) is 7.54. The van der Waals surface area contributed by atoms with Gasteiger partial charge in [-0.05, 0) is 34.7 Å². The van der Waals surface area contributed by atoms with Crippen LogP contribution in [0.5, 0.6) is 0 Å². The van der Waals surface area contributed by atoms with Crippen LogP contribution >= 0.6 is 0 Å². The SMILES string of the molecule is CC(C)(C)c1ccc(-n2c(-c3ccccc3)nnc2-c2ccc(-c3cccc4c3oc3ccccc34)cc2)cc1. The average molecular weight is 520 g/mol. The molecule has 0 radical (unpaired) electrons. The minimum Gasteiger partial charge on any atom is -0.455 e. The highest BCUT2D eigenvalue weighted by Crippen LogP contribution is 2.37. The third-order valence-corrected chi connectivity index (χ3v) is 7.54. The van der Waals surface area contributed by atoms with Gasteiger partial charge in [0, 0.05) is 33.2 Å². The van der Waals surface area contributed by atoms with E-state index in [1.54, 1.807) is 0 Å². The maximum absolute atomic E-state index is 6.29. The maximum atomic E-state index is 6.29. The van der Waals surface area contributed by atoms with Crippen molar-refractivity contribution in [2.24, 2.45) is 0 Å². The van der Waals surface area contributed by atoms with Gasteiger partial charge in [0.25, 0.3) is 0 Å². The lowest BCUT2D eigenvalue weighted by Crippen LogP contribution is -2.11. The van der Waals surface area contributed by atoms with Crippen molar-refractivity contribution in [1.82, 2.24) is 14.8 Å². The summed E-state index contributed by atoms with van der Waals surface area (Å²) in [6, 6.07) is 42.0. The highest BCUT2D eigenvalue weighted by molar-refractivity contribution is 6.09. The van der Waals surface area contributed by atoms with Crippen LogP contribution in [0.4, 0.5) is 0 Å². The lowest BCUT2D eigenvalue weighted by molar-refractivity contribution is 0.590. The van der Waals surface area contributed by atoms with Crippen LogP contribution in [-0.2, 0) is 5.41 Å². The molecule has 5 aromatic carbocycles. The number of hydrogen-bond acceptors (Lipinski definition) is 3. The largest absolute Gasteiger partial charge is 0.455 e. The van der Waals surface area contributed by atoms with Gasteiger partial charge in [0.05, 0.1) is 0 Å². The molecule has 0 fully saturated rings. The zero-order valence-corrected chi connectivity index (χ0v) is 22.8. The van der Waals surface area contributed by atoms with Gasteiger partial charge in [-0.2, -0.15) is 0 Å². The first kappa shape index (κ1) is 24.1. The molecule has 0 N–H and O–H groups in total. The monoisotopic (exact) mass is 519 g/mol. The second kappa shape index (κ2) is 9.35. The Kier molecular flexibility index (Phi) is 5.64. The van der Waals surface area contributed by atoms with Crippen molar-refractivity contribution < 1.29 is 4.42 Å². The van der Waals surface area contributed by atoms with E-state index in [1.165, 1.54) is 5.56 Å². The second-order valence-corrected chi connectivity index (χ2v) is 11.2. The molecular formula is C36H29N3O. The van der Waals surface area contributed by atoms with E-state index in [4.69, 9.17) is 4.42 Å². The lowest BCUT2D eigenvalue weighted by atomic mass is 9.87. The van der Waals surface area contributed by atoms with Crippen LogP contribution in [-0.4, -0.2) is 14.8 Å². The van der Waals surface area contributed by atoms with Gasteiger partial charge >= 0.3 is 0 Å². The smallest absolute Gasteiger partial charge is 0.168 e. The number of hydrogen-bond donors (Lipinski definition) is 0. The van der Waals surface area contributed by atoms with Gasteiger partial charge < -0.3 is 4.42 Å². The molecule has 2 aromatic heterocycles. The molecule has 0 unspecified atom stereocenters. The average Bonchev–Trinajstić information content (AvgIpc) is 3.60. The number of benzene rings is 5. The fraction of sp³-hybridized carbons (Fsp3) is 0.111. The van der Waals surface area contributed by atoms with Crippen molar-refractivity contribution >= 4 is 21.9 Å². The summed E-state index contributed by atoms with van der Waals surface area (Å²) in [5.74, 6) is 1.62. The van der Waals surface area contributed by atoms with Gasteiger partial charge in [-0.1, -0.05) is 124 Å². The summed E-state index contributed by atoms with van der Waals surface area (Å²) in [4.78, 5) is 0. The van der Waals surface area contributed by atoms with Crippen molar-refractivity contribution in [1.29, 1.82) is 0 Å². The van der Waals surface area contributed by atoms with E-state index in [-0.39, 0.29) is 5.41 Å².